The summed E-state index contributed by atoms with van der Waals surface area (Å²) in [6.45, 7) is 9.05. The van der Waals surface area contributed by atoms with Crippen molar-refractivity contribution in [1.82, 2.24) is 29.7 Å². The van der Waals surface area contributed by atoms with E-state index in [1.165, 1.54) is 17.7 Å². The summed E-state index contributed by atoms with van der Waals surface area (Å²) >= 11 is 6.49. The lowest BCUT2D eigenvalue weighted by molar-refractivity contribution is -0.134. The minimum atomic E-state index is -1.02. The molecule has 2 aromatic heterocycles. The Morgan fingerprint density at radius 2 is 1.62 bits per heavy atom. The van der Waals surface area contributed by atoms with E-state index < -0.39 is 34.8 Å². The number of imide groups is 1. The highest BCUT2D eigenvalue weighted by Gasteiger charge is 2.39. The van der Waals surface area contributed by atoms with Gasteiger partial charge >= 0.3 is 0 Å². The number of nitrogens with one attached hydrogen (secondary N) is 1. The topological polar surface area (TPSA) is 117 Å². The van der Waals surface area contributed by atoms with Gasteiger partial charge in [0.2, 0.25) is 11.8 Å². The third-order valence-corrected chi connectivity index (χ3v) is 12.4. The molecule has 1 atom stereocenters. The molecule has 56 heavy (non-hydrogen) atoms. The van der Waals surface area contributed by atoms with Crippen LogP contribution < -0.4 is 20.7 Å². The average Bonchev–Trinajstić information content (AvgIpc) is 3.41. The van der Waals surface area contributed by atoms with Crippen LogP contribution in [0.25, 0.3) is 16.6 Å². The van der Waals surface area contributed by atoms with Gasteiger partial charge in [-0.3, -0.25) is 34.2 Å². The quantitative estimate of drug-likeness (QED) is 0.208. The molecule has 6 heterocycles. The molecule has 0 aliphatic carbocycles. The molecule has 0 saturated carbocycles. The van der Waals surface area contributed by atoms with Crippen molar-refractivity contribution in [3.63, 3.8) is 0 Å². The molecular weight excluding hydrogens is 738 g/mol. The molecular formula is C42H41ClF2N8O3. The maximum Gasteiger partial charge on any atom is 0.282 e. The van der Waals surface area contributed by atoms with Gasteiger partial charge in [-0.15, -0.1) is 0 Å². The van der Waals surface area contributed by atoms with Crippen molar-refractivity contribution in [3.05, 3.63) is 116 Å². The predicted molar refractivity (Wildman–Crippen MR) is 210 cm³/mol. The highest BCUT2D eigenvalue weighted by molar-refractivity contribution is 6.35. The van der Waals surface area contributed by atoms with Gasteiger partial charge in [0.05, 0.1) is 51.0 Å². The van der Waals surface area contributed by atoms with Gasteiger partial charge in [0.15, 0.2) is 0 Å². The van der Waals surface area contributed by atoms with Crippen molar-refractivity contribution in [3.8, 4) is 5.69 Å². The number of piperazine rings is 1. The summed E-state index contributed by atoms with van der Waals surface area (Å²) in [6.07, 6.45) is 5.75. The second-order valence-electron chi connectivity index (χ2n) is 15.8. The smallest absolute Gasteiger partial charge is 0.282 e. The Balaban J connectivity index is 0.812. The van der Waals surface area contributed by atoms with Crippen LogP contribution in [0, 0.1) is 11.6 Å². The van der Waals surface area contributed by atoms with Crippen molar-refractivity contribution < 1.29 is 18.4 Å². The fourth-order valence-corrected chi connectivity index (χ4v) is 9.26. The number of anilines is 2. The molecule has 2 amide bonds. The molecule has 0 radical (unpaired) electrons. The molecule has 1 N–H and O–H groups in total. The number of carbonyl (C=O) groups is 2. The first-order valence-electron chi connectivity index (χ1n) is 19.2. The second kappa shape index (κ2) is 14.0. The van der Waals surface area contributed by atoms with Gasteiger partial charge in [-0.2, -0.15) is 4.98 Å². The van der Waals surface area contributed by atoms with Crippen molar-refractivity contribution in [2.24, 2.45) is 0 Å². The highest BCUT2D eigenvalue weighted by atomic mass is 35.5. The molecule has 0 bridgehead atoms. The summed E-state index contributed by atoms with van der Waals surface area (Å²) in [5.41, 5.74) is 4.51. The fourth-order valence-electron chi connectivity index (χ4n) is 9.01. The second-order valence-corrected chi connectivity index (χ2v) is 16.2. The maximum atomic E-state index is 15.1. The Kier molecular flexibility index (Phi) is 9.12. The van der Waals surface area contributed by atoms with Crippen LogP contribution in [0.1, 0.15) is 79.6 Å². The zero-order chi connectivity index (χ0) is 38.9. The van der Waals surface area contributed by atoms with Crippen LogP contribution in [0.2, 0.25) is 5.02 Å². The van der Waals surface area contributed by atoms with E-state index >= 15 is 8.78 Å². The van der Waals surface area contributed by atoms with Crippen LogP contribution in [-0.4, -0.2) is 75.5 Å². The molecule has 4 aliphatic heterocycles. The van der Waals surface area contributed by atoms with E-state index in [-0.39, 0.29) is 24.0 Å². The summed E-state index contributed by atoms with van der Waals surface area (Å²) in [4.78, 5) is 57.3. The number of piperidine rings is 2. The van der Waals surface area contributed by atoms with E-state index in [9.17, 15) is 14.4 Å². The van der Waals surface area contributed by atoms with Crippen LogP contribution in [-0.2, 0) is 21.5 Å². The summed E-state index contributed by atoms with van der Waals surface area (Å²) in [7, 11) is 0. The number of rotatable bonds is 6. The third kappa shape index (κ3) is 6.30. The number of fused-ring (bicyclic) bond motifs is 5. The van der Waals surface area contributed by atoms with Gasteiger partial charge in [0.25, 0.3) is 5.56 Å². The zero-order valence-electron chi connectivity index (χ0n) is 31.2. The normalized spacial score (nSPS) is 20.0. The van der Waals surface area contributed by atoms with Gasteiger partial charge in [-0.25, -0.2) is 13.8 Å². The Morgan fingerprint density at radius 1 is 0.875 bits per heavy atom. The Labute approximate surface area is 327 Å². The fraction of sp³-hybridized carbons (Fsp3) is 0.381. The summed E-state index contributed by atoms with van der Waals surface area (Å²) < 4.78 is 32.4. The SMILES string of the molecule is CC1(C)c2ccc(C3CCN(c4cnc(CN5CCN(c6cc(F)c(C7CCC(=O)NC7=O)c(F)c6)CC5)cn4)CC3)cc2-n2c1nc(=O)c1c(Cl)cccc12. The number of aromatic nitrogens is 4. The first-order chi connectivity index (χ1) is 27.0. The predicted octanol–water partition coefficient (Wildman–Crippen LogP) is 5.97. The van der Waals surface area contributed by atoms with E-state index in [1.807, 2.05) is 29.4 Å². The van der Waals surface area contributed by atoms with Crippen LogP contribution >= 0.6 is 11.6 Å². The molecule has 14 heteroatoms. The summed E-state index contributed by atoms with van der Waals surface area (Å²) in [5.74, 6) is -1.70. The Hall–Kier alpha value is -5.27. The molecule has 3 aromatic carbocycles. The molecule has 4 aliphatic rings. The lowest BCUT2D eigenvalue weighted by Crippen LogP contribution is -2.46. The minimum Gasteiger partial charge on any atom is -0.369 e. The maximum absolute atomic E-state index is 15.1. The summed E-state index contributed by atoms with van der Waals surface area (Å²) in [5, 5.41) is 3.03. The zero-order valence-corrected chi connectivity index (χ0v) is 32.0. The monoisotopic (exact) mass is 778 g/mol. The molecule has 11 nitrogen and oxygen atoms in total. The van der Waals surface area contributed by atoms with Crippen LogP contribution in [0.5, 0.6) is 0 Å². The standard InChI is InChI=1S/C42H41ClF2N8O3/c1-42(2)29-8-6-25(18-34(29)53-33-5-3-4-30(43)38(33)40(56)49-41(42)53)24-10-12-52(13-11-24)35-22-46-26(21-47-35)23-50-14-16-51(17-15-50)27-19-31(44)37(32(45)20-27)28-7-9-36(54)48-39(28)55/h3-6,8,18-22,24,28H,7,9-17,23H2,1-2H3,(H,48,54,55). The minimum absolute atomic E-state index is 0.0524. The lowest BCUT2D eigenvalue weighted by atomic mass is 9.83. The first kappa shape index (κ1) is 36.4. The number of hydrogen-bond acceptors (Lipinski definition) is 9. The van der Waals surface area contributed by atoms with Gasteiger partial charge < -0.3 is 9.80 Å². The number of nitrogens with zero attached hydrogens (tertiary/aromatic N) is 7. The molecule has 9 rings (SSSR count). The van der Waals surface area contributed by atoms with Gasteiger partial charge in [0, 0.05) is 63.5 Å². The number of amides is 2. The lowest BCUT2D eigenvalue weighted by Gasteiger charge is -2.36. The van der Waals surface area contributed by atoms with E-state index in [1.54, 1.807) is 6.07 Å². The average molecular weight is 779 g/mol. The molecule has 0 spiro atoms. The van der Waals surface area contributed by atoms with Gasteiger partial charge in [-0.1, -0.05) is 29.8 Å². The Bertz CT molecular complexity index is 2430. The molecule has 1 unspecified atom stereocenters. The van der Waals surface area contributed by atoms with Crippen molar-refractivity contribution in [2.75, 3.05) is 49.1 Å². The summed E-state index contributed by atoms with van der Waals surface area (Å²) in [6, 6.07) is 14.8. The van der Waals surface area contributed by atoms with Crippen molar-refractivity contribution >= 4 is 45.8 Å². The van der Waals surface area contributed by atoms with E-state index in [0.717, 1.165) is 60.0 Å². The van der Waals surface area contributed by atoms with Crippen molar-refractivity contribution in [2.45, 2.75) is 63.3 Å². The molecule has 288 valence electrons. The van der Waals surface area contributed by atoms with Crippen LogP contribution in [0.15, 0.2) is 65.7 Å². The van der Waals surface area contributed by atoms with Crippen LogP contribution in [0.4, 0.5) is 20.3 Å². The first-order valence-corrected chi connectivity index (χ1v) is 19.6. The van der Waals surface area contributed by atoms with E-state index in [2.05, 4.69) is 56.7 Å². The molecule has 3 fully saturated rings. The molecule has 3 saturated heterocycles. The van der Waals surface area contributed by atoms with Crippen LogP contribution in [0.3, 0.4) is 0 Å². The largest absolute Gasteiger partial charge is 0.369 e. The number of halogens is 3. The van der Waals surface area contributed by atoms with Gasteiger partial charge in [-0.05, 0) is 80.5 Å². The Morgan fingerprint density at radius 3 is 2.32 bits per heavy atom. The highest BCUT2D eigenvalue weighted by Crippen LogP contribution is 2.45. The third-order valence-electron chi connectivity index (χ3n) is 12.1. The van der Waals surface area contributed by atoms with Crippen molar-refractivity contribution in [1.29, 1.82) is 0 Å². The van der Waals surface area contributed by atoms with E-state index in [4.69, 9.17) is 21.6 Å². The molecule has 5 aromatic rings. The van der Waals surface area contributed by atoms with E-state index in [0.29, 0.717) is 54.7 Å². The number of hydrogen-bond donors (Lipinski definition) is 1. The number of carbonyl (C=O) groups excluding carboxylic acids is 2. The van der Waals surface area contributed by atoms with Gasteiger partial charge in [0.1, 0.15) is 23.3 Å². The number of benzene rings is 3.